The molecule has 1 N–H and O–H groups in total. The molecule has 0 atom stereocenters. The molecule has 0 saturated heterocycles. The number of anilines is 1. The van der Waals surface area contributed by atoms with Gasteiger partial charge >= 0.3 is 0 Å². The van der Waals surface area contributed by atoms with Crippen LogP contribution in [0.1, 0.15) is 18.1 Å². The van der Waals surface area contributed by atoms with E-state index < -0.39 is 0 Å². The first-order valence-electron chi connectivity index (χ1n) is 8.87. The maximum Gasteiger partial charge on any atom is 0.174 e. The molecule has 3 nitrogen and oxygen atoms in total. The lowest BCUT2D eigenvalue weighted by Crippen LogP contribution is -2.05. The molecule has 6 heteroatoms. The summed E-state index contributed by atoms with van der Waals surface area (Å²) in [5.41, 5.74) is 3.05. The number of halogens is 3. The molecule has 0 amide bonds. The Morgan fingerprint density at radius 1 is 0.964 bits per heavy atom. The molecular weight excluding hydrogens is 536 g/mol. The highest BCUT2D eigenvalue weighted by Gasteiger charge is 2.13. The fourth-order valence-electron chi connectivity index (χ4n) is 2.63. The second-order valence-corrected chi connectivity index (χ2v) is 8.19. The van der Waals surface area contributed by atoms with Crippen LogP contribution in [0, 0.1) is 9.39 Å². The monoisotopic (exact) mass is 555 g/mol. The number of nitrogens with one attached hydrogen (secondary N) is 1. The molecule has 0 unspecified atom stereocenters. The van der Waals surface area contributed by atoms with Crippen LogP contribution in [0.3, 0.4) is 0 Å². The third-order valence-electron chi connectivity index (χ3n) is 4.01. The average molecular weight is 556 g/mol. The Morgan fingerprint density at radius 3 is 2.36 bits per heavy atom. The van der Waals surface area contributed by atoms with Crippen LogP contribution in [-0.2, 0) is 13.2 Å². The zero-order valence-corrected chi connectivity index (χ0v) is 19.1. The van der Waals surface area contributed by atoms with Crippen LogP contribution >= 0.6 is 38.5 Å². The number of hydrogen-bond donors (Lipinski definition) is 1. The Labute approximate surface area is 186 Å². The van der Waals surface area contributed by atoms with Gasteiger partial charge in [-0.1, -0.05) is 28.1 Å². The van der Waals surface area contributed by atoms with Crippen molar-refractivity contribution in [3.63, 3.8) is 0 Å². The third kappa shape index (κ3) is 5.85. The van der Waals surface area contributed by atoms with Crippen molar-refractivity contribution in [3.05, 3.63) is 85.7 Å². The second kappa shape index (κ2) is 10.1. The number of hydrogen-bond acceptors (Lipinski definition) is 3. The van der Waals surface area contributed by atoms with E-state index in [4.69, 9.17) is 9.47 Å². The molecular formula is C22H20BrFINO2. The van der Waals surface area contributed by atoms with Crippen LogP contribution in [0.15, 0.2) is 65.1 Å². The van der Waals surface area contributed by atoms with Crippen LogP contribution in [0.4, 0.5) is 10.1 Å². The van der Waals surface area contributed by atoms with E-state index in [1.165, 1.54) is 12.1 Å². The van der Waals surface area contributed by atoms with Crippen LogP contribution < -0.4 is 14.8 Å². The van der Waals surface area contributed by atoms with Gasteiger partial charge < -0.3 is 14.8 Å². The van der Waals surface area contributed by atoms with Crippen LogP contribution in [0.25, 0.3) is 0 Å². The van der Waals surface area contributed by atoms with Crippen LogP contribution in [0.2, 0.25) is 0 Å². The summed E-state index contributed by atoms with van der Waals surface area (Å²) in [5.74, 6) is 1.17. The molecule has 0 aliphatic heterocycles. The normalized spacial score (nSPS) is 10.6. The molecule has 0 spiro atoms. The molecule has 0 saturated carbocycles. The highest BCUT2D eigenvalue weighted by molar-refractivity contribution is 14.1. The van der Waals surface area contributed by atoms with Gasteiger partial charge in [-0.3, -0.25) is 0 Å². The van der Waals surface area contributed by atoms with E-state index in [0.717, 1.165) is 24.9 Å². The number of benzene rings is 3. The van der Waals surface area contributed by atoms with Crippen molar-refractivity contribution in [1.82, 2.24) is 0 Å². The van der Waals surface area contributed by atoms with Crippen molar-refractivity contribution >= 4 is 44.2 Å². The minimum atomic E-state index is -0.254. The van der Waals surface area contributed by atoms with E-state index in [1.807, 2.05) is 37.3 Å². The molecule has 0 aliphatic rings. The van der Waals surface area contributed by atoms with Crippen LogP contribution in [-0.4, -0.2) is 6.61 Å². The van der Waals surface area contributed by atoms with Gasteiger partial charge in [-0.25, -0.2) is 4.39 Å². The molecule has 3 aromatic carbocycles. The molecule has 146 valence electrons. The lowest BCUT2D eigenvalue weighted by Gasteiger charge is -2.16. The second-order valence-electron chi connectivity index (χ2n) is 6.11. The molecule has 3 rings (SSSR count). The summed E-state index contributed by atoms with van der Waals surface area (Å²) < 4.78 is 26.9. The minimum absolute atomic E-state index is 0.254. The van der Waals surface area contributed by atoms with Crippen molar-refractivity contribution in [2.24, 2.45) is 0 Å². The Hall–Kier alpha value is -1.80. The summed E-state index contributed by atoms with van der Waals surface area (Å²) in [7, 11) is 0. The summed E-state index contributed by atoms with van der Waals surface area (Å²) in [6, 6.07) is 18.4. The molecule has 0 bridgehead atoms. The van der Waals surface area contributed by atoms with E-state index in [9.17, 15) is 4.39 Å². The average Bonchev–Trinajstić information content (AvgIpc) is 2.68. The van der Waals surface area contributed by atoms with E-state index >= 15 is 0 Å². The topological polar surface area (TPSA) is 30.5 Å². The van der Waals surface area contributed by atoms with Gasteiger partial charge in [0.05, 0.1) is 10.2 Å². The molecule has 0 fully saturated rings. The summed E-state index contributed by atoms with van der Waals surface area (Å²) in [6.45, 7) is 3.53. The van der Waals surface area contributed by atoms with Gasteiger partial charge in [-0.2, -0.15) is 0 Å². The van der Waals surface area contributed by atoms with Gasteiger partial charge in [0.2, 0.25) is 0 Å². The minimum Gasteiger partial charge on any atom is -0.490 e. The number of rotatable bonds is 8. The van der Waals surface area contributed by atoms with Gasteiger partial charge in [0.25, 0.3) is 0 Å². The first-order valence-corrected chi connectivity index (χ1v) is 10.7. The van der Waals surface area contributed by atoms with Gasteiger partial charge in [0.1, 0.15) is 12.4 Å². The maximum atomic E-state index is 13.1. The van der Waals surface area contributed by atoms with E-state index in [-0.39, 0.29) is 5.82 Å². The predicted molar refractivity (Wildman–Crippen MR) is 123 cm³/mol. The SMILES string of the molecule is CCOc1cc(CNc2ccc(Br)cc2)cc(I)c1OCc1ccc(F)cc1. The van der Waals surface area contributed by atoms with Gasteiger partial charge in [-0.05, 0) is 89.2 Å². The molecule has 0 heterocycles. The summed E-state index contributed by atoms with van der Waals surface area (Å²) in [6.07, 6.45) is 0. The Kier molecular flexibility index (Phi) is 7.56. The fraction of sp³-hybridized carbons (Fsp3) is 0.182. The summed E-state index contributed by atoms with van der Waals surface area (Å²) in [5, 5.41) is 3.41. The Bertz CT molecular complexity index is 917. The zero-order chi connectivity index (χ0) is 19.9. The molecule has 3 aromatic rings. The number of ether oxygens (including phenoxy) is 2. The van der Waals surface area contributed by atoms with Gasteiger partial charge in [-0.15, -0.1) is 0 Å². The largest absolute Gasteiger partial charge is 0.490 e. The first-order chi connectivity index (χ1) is 13.5. The molecule has 0 radical (unpaired) electrons. The summed E-state index contributed by atoms with van der Waals surface area (Å²) >= 11 is 5.70. The smallest absolute Gasteiger partial charge is 0.174 e. The molecule has 0 aliphatic carbocycles. The molecule has 0 aromatic heterocycles. The van der Waals surface area contributed by atoms with Crippen molar-refractivity contribution in [3.8, 4) is 11.5 Å². The van der Waals surface area contributed by atoms with Gasteiger partial charge in [0, 0.05) is 16.7 Å². The van der Waals surface area contributed by atoms with E-state index in [1.54, 1.807) is 12.1 Å². The van der Waals surface area contributed by atoms with E-state index in [0.29, 0.717) is 31.3 Å². The molecule has 28 heavy (non-hydrogen) atoms. The van der Waals surface area contributed by atoms with Crippen molar-refractivity contribution in [1.29, 1.82) is 0 Å². The third-order valence-corrected chi connectivity index (χ3v) is 5.34. The lowest BCUT2D eigenvalue weighted by molar-refractivity contribution is 0.267. The van der Waals surface area contributed by atoms with Gasteiger partial charge in [0.15, 0.2) is 11.5 Å². The quantitative estimate of drug-likeness (QED) is 0.311. The highest BCUT2D eigenvalue weighted by Crippen LogP contribution is 2.35. The lowest BCUT2D eigenvalue weighted by atomic mass is 10.2. The Balaban J connectivity index is 1.73. The van der Waals surface area contributed by atoms with E-state index in [2.05, 4.69) is 49.9 Å². The van der Waals surface area contributed by atoms with Crippen molar-refractivity contribution < 1.29 is 13.9 Å². The standard InChI is InChI=1S/C22H20BrFINO2/c1-2-27-21-12-16(13-26-19-9-5-17(23)6-10-19)11-20(25)22(21)28-14-15-3-7-18(24)8-4-15/h3-12,26H,2,13-14H2,1H3. The summed E-state index contributed by atoms with van der Waals surface area (Å²) in [4.78, 5) is 0. The zero-order valence-electron chi connectivity index (χ0n) is 15.3. The first kappa shape index (κ1) is 20.9. The van der Waals surface area contributed by atoms with Crippen LogP contribution in [0.5, 0.6) is 11.5 Å². The van der Waals surface area contributed by atoms with Crippen molar-refractivity contribution in [2.45, 2.75) is 20.1 Å². The Morgan fingerprint density at radius 2 is 1.68 bits per heavy atom. The fourth-order valence-corrected chi connectivity index (χ4v) is 3.72. The highest BCUT2D eigenvalue weighted by atomic mass is 127. The van der Waals surface area contributed by atoms with Crippen molar-refractivity contribution in [2.75, 3.05) is 11.9 Å². The maximum absolute atomic E-state index is 13.1. The predicted octanol–water partition coefficient (Wildman–Crippen LogP) is 6.78.